The maximum atomic E-state index is 13.4. The first-order valence-corrected chi connectivity index (χ1v) is 12.9. The highest BCUT2D eigenvalue weighted by atomic mass is 16.7. The number of hydrogen-bond acceptors (Lipinski definition) is 5. The minimum Gasteiger partial charge on any atom is -0.454 e. The van der Waals surface area contributed by atoms with E-state index in [0.717, 1.165) is 47.4 Å². The lowest BCUT2D eigenvalue weighted by molar-refractivity contribution is -0.118. The Morgan fingerprint density at radius 3 is 2.43 bits per heavy atom. The van der Waals surface area contributed by atoms with Gasteiger partial charge in [0.05, 0.1) is 18.6 Å². The summed E-state index contributed by atoms with van der Waals surface area (Å²) in [7, 11) is 0. The molecule has 0 aromatic heterocycles. The van der Waals surface area contributed by atoms with Crippen LogP contribution in [0.15, 0.2) is 60.7 Å². The number of carbonyl (C=O) groups excluding carboxylic acids is 2. The van der Waals surface area contributed by atoms with Crippen molar-refractivity contribution in [1.29, 1.82) is 0 Å². The fourth-order valence-corrected chi connectivity index (χ4v) is 5.19. The zero-order chi connectivity index (χ0) is 25.4. The van der Waals surface area contributed by atoms with Crippen molar-refractivity contribution >= 4 is 17.5 Å². The van der Waals surface area contributed by atoms with Crippen LogP contribution < -0.4 is 14.8 Å². The monoisotopic (exact) mass is 500 g/mol. The number of amides is 2. The summed E-state index contributed by atoms with van der Waals surface area (Å²) in [4.78, 5) is 28.1. The number of benzene rings is 3. The summed E-state index contributed by atoms with van der Waals surface area (Å²) < 4.78 is 16.3. The van der Waals surface area contributed by atoms with Crippen molar-refractivity contribution in [2.24, 2.45) is 0 Å². The highest BCUT2D eigenvalue weighted by molar-refractivity contribution is 6.02. The lowest BCUT2D eigenvalue weighted by Gasteiger charge is -2.26. The molecule has 192 valence electrons. The number of nitrogens with one attached hydrogen (secondary N) is 1. The zero-order valence-electron chi connectivity index (χ0n) is 20.9. The molecule has 0 atom stereocenters. The van der Waals surface area contributed by atoms with Crippen molar-refractivity contribution < 1.29 is 25.2 Å². The average molecular weight is 501 g/mol. The van der Waals surface area contributed by atoms with Crippen LogP contribution in [0.5, 0.6) is 11.5 Å². The first-order valence-electron chi connectivity index (χ1n) is 12.9. The largest absolute Gasteiger partial charge is 0.454 e. The Hall–Kier alpha value is -3.84. The first kappa shape index (κ1) is 23.6. The van der Waals surface area contributed by atoms with E-state index in [0.29, 0.717) is 37.6 Å². The second kappa shape index (κ2) is 9.56. The maximum absolute atomic E-state index is 13.4. The van der Waals surface area contributed by atoms with E-state index in [1.54, 1.807) is 0 Å². The smallest absolute Gasteiger partial charge is 0.254 e. The molecule has 3 aromatic carbocycles. The van der Waals surface area contributed by atoms with Gasteiger partial charge in [0.15, 0.2) is 11.5 Å². The van der Waals surface area contributed by atoms with Crippen molar-refractivity contribution in [2.75, 3.05) is 38.4 Å². The molecule has 1 saturated carbocycles. The van der Waals surface area contributed by atoms with E-state index in [4.69, 9.17) is 14.2 Å². The van der Waals surface area contributed by atoms with Crippen LogP contribution in [0.4, 0.5) is 5.69 Å². The number of morpholine rings is 1. The molecule has 0 spiro atoms. The van der Waals surface area contributed by atoms with Gasteiger partial charge in [-0.05, 0) is 77.9 Å². The molecule has 3 aliphatic rings. The molecule has 0 unspecified atom stereocenters. The Balaban J connectivity index is 0.00000294. The normalized spacial score (nSPS) is 17.4. The van der Waals surface area contributed by atoms with E-state index in [-0.39, 0.29) is 20.0 Å². The van der Waals surface area contributed by atoms with Crippen LogP contribution in [0.1, 0.15) is 42.7 Å². The van der Waals surface area contributed by atoms with Gasteiger partial charge in [0.25, 0.3) is 5.91 Å². The fraction of sp³-hybridized carbons (Fsp3) is 0.333. The van der Waals surface area contributed by atoms with Gasteiger partial charge in [-0.3, -0.25) is 9.59 Å². The quantitative estimate of drug-likeness (QED) is 0.514. The number of hydrogen-bond donors (Lipinski definition) is 1. The summed E-state index contributed by atoms with van der Waals surface area (Å²) in [6, 6.07) is 19.6. The summed E-state index contributed by atoms with van der Waals surface area (Å²) in [6.07, 6.45) is 2.47. The van der Waals surface area contributed by atoms with Crippen LogP contribution >= 0.6 is 0 Å². The van der Waals surface area contributed by atoms with Gasteiger partial charge in [-0.25, -0.2) is 0 Å². The van der Waals surface area contributed by atoms with Crippen LogP contribution in [0.25, 0.3) is 11.1 Å². The number of fused-ring (bicyclic) bond motifs is 1. The van der Waals surface area contributed by atoms with Crippen LogP contribution in [0.3, 0.4) is 0 Å². The third kappa shape index (κ3) is 4.44. The van der Waals surface area contributed by atoms with E-state index in [2.05, 4.69) is 18.3 Å². The van der Waals surface area contributed by atoms with Crippen LogP contribution in [-0.2, 0) is 21.4 Å². The molecule has 1 N–H and O–H groups in total. The third-order valence-electron chi connectivity index (χ3n) is 7.60. The Bertz CT molecular complexity index is 1350. The molecular formula is C30H32N2O5. The van der Waals surface area contributed by atoms with E-state index >= 15 is 0 Å². The lowest BCUT2D eigenvalue weighted by Crippen LogP contribution is -2.40. The summed E-state index contributed by atoms with van der Waals surface area (Å²) in [5.41, 5.74) is 5.11. The zero-order valence-corrected chi connectivity index (χ0v) is 20.9. The van der Waals surface area contributed by atoms with Crippen LogP contribution in [-0.4, -0.2) is 49.8 Å². The minimum absolute atomic E-state index is 0. The van der Waals surface area contributed by atoms with Gasteiger partial charge >= 0.3 is 0 Å². The maximum Gasteiger partial charge on any atom is 0.254 e. The standard InChI is InChI=1S/C30H30N2O5.H2/c1-2-20-7-9-24(31-29(34)30(11-12-30)23-8-10-26-27(17-23)37-19-36-26)18-25(20)21-3-5-22(6-4-21)28(33)32-13-15-35-16-14-32;/h3-10,17-18H,2,11-16,19H2,1H3,(H,31,34);1H. The minimum atomic E-state index is -0.536. The van der Waals surface area contributed by atoms with Gasteiger partial charge < -0.3 is 24.4 Å². The molecule has 0 radical (unpaired) electrons. The van der Waals surface area contributed by atoms with Gasteiger partial charge in [-0.1, -0.05) is 31.2 Å². The Morgan fingerprint density at radius 1 is 0.946 bits per heavy atom. The predicted molar refractivity (Wildman–Crippen MR) is 142 cm³/mol. The molecule has 7 heteroatoms. The molecule has 1 saturated heterocycles. The molecule has 2 amide bonds. The fourth-order valence-electron chi connectivity index (χ4n) is 5.19. The van der Waals surface area contributed by atoms with Gasteiger partial charge in [-0.2, -0.15) is 0 Å². The lowest BCUT2D eigenvalue weighted by atomic mass is 9.93. The number of carbonyl (C=O) groups is 2. The molecule has 1 aliphatic carbocycles. The Kier molecular flexibility index (Phi) is 6.08. The second-order valence-corrected chi connectivity index (χ2v) is 9.81. The van der Waals surface area contributed by atoms with Gasteiger partial charge in [-0.15, -0.1) is 0 Å². The number of anilines is 1. The molecule has 2 fully saturated rings. The summed E-state index contributed by atoms with van der Waals surface area (Å²) in [5.74, 6) is 1.44. The topological polar surface area (TPSA) is 77.1 Å². The highest BCUT2D eigenvalue weighted by Crippen LogP contribution is 2.51. The third-order valence-corrected chi connectivity index (χ3v) is 7.60. The number of rotatable bonds is 6. The number of aryl methyl sites for hydroxylation is 1. The molecular weight excluding hydrogens is 468 g/mol. The van der Waals surface area contributed by atoms with E-state index in [9.17, 15) is 9.59 Å². The number of nitrogens with zero attached hydrogens (tertiary/aromatic N) is 1. The molecule has 6 rings (SSSR count). The van der Waals surface area contributed by atoms with Crippen molar-refractivity contribution in [1.82, 2.24) is 4.90 Å². The molecule has 2 aliphatic heterocycles. The van der Waals surface area contributed by atoms with Gasteiger partial charge in [0, 0.05) is 25.8 Å². The van der Waals surface area contributed by atoms with E-state index in [1.807, 2.05) is 59.5 Å². The molecule has 37 heavy (non-hydrogen) atoms. The molecule has 7 nitrogen and oxygen atoms in total. The van der Waals surface area contributed by atoms with Crippen molar-refractivity contribution in [3.63, 3.8) is 0 Å². The Labute approximate surface area is 217 Å². The van der Waals surface area contributed by atoms with Crippen LogP contribution in [0, 0.1) is 0 Å². The summed E-state index contributed by atoms with van der Waals surface area (Å²) in [5, 5.41) is 3.16. The van der Waals surface area contributed by atoms with Gasteiger partial charge in [0.1, 0.15) is 0 Å². The van der Waals surface area contributed by atoms with Crippen molar-refractivity contribution in [3.05, 3.63) is 77.4 Å². The van der Waals surface area contributed by atoms with E-state index in [1.165, 1.54) is 5.56 Å². The highest BCUT2D eigenvalue weighted by Gasteiger charge is 2.51. The SMILES string of the molecule is CCc1ccc(NC(=O)C2(c3ccc4c(c3)OCO4)CC2)cc1-c1ccc(C(=O)N2CCOCC2)cc1.[HH]. The second-order valence-electron chi connectivity index (χ2n) is 9.81. The first-order chi connectivity index (χ1) is 18.1. The average Bonchev–Trinajstić information content (AvgIpc) is 3.64. The van der Waals surface area contributed by atoms with Crippen molar-refractivity contribution in [2.45, 2.75) is 31.6 Å². The molecule has 2 heterocycles. The van der Waals surface area contributed by atoms with Crippen molar-refractivity contribution in [3.8, 4) is 22.6 Å². The Morgan fingerprint density at radius 2 is 1.70 bits per heavy atom. The molecule has 3 aromatic rings. The molecule has 0 bridgehead atoms. The number of ether oxygens (including phenoxy) is 3. The summed E-state index contributed by atoms with van der Waals surface area (Å²) in [6.45, 7) is 4.74. The van der Waals surface area contributed by atoms with Crippen LogP contribution in [0.2, 0.25) is 0 Å². The van der Waals surface area contributed by atoms with E-state index < -0.39 is 5.41 Å². The predicted octanol–water partition coefficient (Wildman–Crippen LogP) is 5.03. The summed E-state index contributed by atoms with van der Waals surface area (Å²) >= 11 is 0. The van der Waals surface area contributed by atoms with Gasteiger partial charge in [0.2, 0.25) is 12.7 Å².